The fourth-order valence-electron chi connectivity index (χ4n) is 4.99. The molecule has 0 spiro atoms. The van der Waals surface area contributed by atoms with Crippen LogP contribution in [0.4, 0.5) is 19.3 Å². The van der Waals surface area contributed by atoms with Gasteiger partial charge in [-0.1, -0.05) is 31.7 Å². The molecule has 0 bridgehead atoms. The summed E-state index contributed by atoms with van der Waals surface area (Å²) in [6.07, 6.45) is 11.4. The zero-order chi connectivity index (χ0) is 22.9. The lowest BCUT2D eigenvalue weighted by molar-refractivity contribution is 0.101. The molecule has 178 valence electrons. The SMILES string of the molecule is C[C@H]1CC(N(C(=O)/N=C/N)c2cccc(F)c2)CCN1CC1CCC1.FC1CCCCC1. The van der Waals surface area contributed by atoms with E-state index >= 15 is 0 Å². The maximum atomic E-state index is 13.7. The Labute approximate surface area is 191 Å². The quantitative estimate of drug-likeness (QED) is 0.476. The predicted molar refractivity (Wildman–Crippen MR) is 126 cm³/mol. The van der Waals surface area contributed by atoms with Crippen LogP contribution in [0.5, 0.6) is 0 Å². The molecule has 2 atom stereocenters. The maximum Gasteiger partial charge on any atom is 0.349 e. The lowest BCUT2D eigenvalue weighted by Crippen LogP contribution is -2.52. The molecule has 2 saturated carbocycles. The first kappa shape index (κ1) is 24.6. The van der Waals surface area contributed by atoms with E-state index in [0.717, 1.165) is 63.9 Å². The highest BCUT2D eigenvalue weighted by molar-refractivity contribution is 5.96. The number of hydrogen-bond donors (Lipinski definition) is 1. The number of benzene rings is 1. The van der Waals surface area contributed by atoms with E-state index < -0.39 is 12.2 Å². The van der Waals surface area contributed by atoms with Crippen LogP contribution in [0.2, 0.25) is 0 Å². The molecule has 7 heteroatoms. The van der Waals surface area contributed by atoms with Crippen molar-refractivity contribution in [2.45, 2.75) is 89.4 Å². The number of nitrogens with zero attached hydrogens (tertiary/aromatic N) is 3. The Kier molecular flexibility index (Phi) is 9.45. The molecule has 0 radical (unpaired) electrons. The second-order valence-corrected chi connectivity index (χ2v) is 9.46. The number of carbonyl (C=O) groups excluding carboxylic acids is 1. The average Bonchev–Trinajstić information content (AvgIpc) is 2.73. The predicted octanol–water partition coefficient (Wildman–Crippen LogP) is 5.68. The van der Waals surface area contributed by atoms with Gasteiger partial charge in [0.1, 0.15) is 12.0 Å². The second-order valence-electron chi connectivity index (χ2n) is 9.46. The monoisotopic (exact) mass is 448 g/mol. The molecule has 3 aliphatic rings. The molecular weight excluding hydrogens is 410 g/mol. The molecule has 1 aliphatic heterocycles. The minimum atomic E-state index is -0.464. The van der Waals surface area contributed by atoms with Gasteiger partial charge in [-0.3, -0.25) is 4.90 Å². The number of urea groups is 1. The molecule has 4 rings (SSSR count). The molecule has 5 nitrogen and oxygen atoms in total. The summed E-state index contributed by atoms with van der Waals surface area (Å²) in [6, 6.07) is 6.09. The molecule has 2 amide bonds. The smallest absolute Gasteiger partial charge is 0.349 e. The van der Waals surface area contributed by atoms with Crippen molar-refractivity contribution in [1.29, 1.82) is 0 Å². The molecule has 32 heavy (non-hydrogen) atoms. The van der Waals surface area contributed by atoms with E-state index in [1.165, 1.54) is 37.8 Å². The van der Waals surface area contributed by atoms with Gasteiger partial charge in [0.05, 0.1) is 6.34 Å². The Hall–Kier alpha value is -2.02. The third kappa shape index (κ3) is 6.99. The summed E-state index contributed by atoms with van der Waals surface area (Å²) in [5, 5.41) is 0. The number of alkyl halides is 1. The first-order valence-corrected chi connectivity index (χ1v) is 12.2. The third-order valence-electron chi connectivity index (χ3n) is 7.08. The van der Waals surface area contributed by atoms with Crippen molar-refractivity contribution in [2.24, 2.45) is 16.6 Å². The van der Waals surface area contributed by atoms with E-state index in [1.54, 1.807) is 17.0 Å². The number of hydrogen-bond acceptors (Lipinski definition) is 2. The van der Waals surface area contributed by atoms with Gasteiger partial charge in [-0.2, -0.15) is 4.99 Å². The van der Waals surface area contributed by atoms with Crippen LogP contribution in [-0.2, 0) is 0 Å². The van der Waals surface area contributed by atoms with E-state index in [1.807, 2.05) is 0 Å². The van der Waals surface area contributed by atoms with Gasteiger partial charge in [-0.25, -0.2) is 13.6 Å². The molecule has 0 aromatic heterocycles. The maximum absolute atomic E-state index is 13.7. The van der Waals surface area contributed by atoms with Gasteiger partial charge in [-0.05, 0) is 69.6 Å². The molecule has 1 aromatic carbocycles. The highest BCUT2D eigenvalue weighted by Crippen LogP contribution is 2.32. The minimum Gasteiger partial charge on any atom is -0.390 e. The lowest BCUT2D eigenvalue weighted by atomic mass is 9.84. The summed E-state index contributed by atoms with van der Waals surface area (Å²) in [7, 11) is 0. The summed E-state index contributed by atoms with van der Waals surface area (Å²) in [4.78, 5) is 20.3. The van der Waals surface area contributed by atoms with Crippen LogP contribution in [0.3, 0.4) is 0 Å². The fourth-order valence-corrected chi connectivity index (χ4v) is 4.99. The molecule has 2 N–H and O–H groups in total. The number of amides is 2. The Morgan fingerprint density at radius 3 is 2.47 bits per heavy atom. The molecule has 1 heterocycles. The van der Waals surface area contributed by atoms with Crippen LogP contribution in [-0.4, -0.2) is 48.6 Å². The Balaban J connectivity index is 0.000000352. The number of aliphatic imine (C=N–C) groups is 1. The molecule has 1 aromatic rings. The fraction of sp³-hybridized carbons (Fsp3) is 0.680. The van der Waals surface area contributed by atoms with Gasteiger partial charge in [-0.15, -0.1) is 0 Å². The summed E-state index contributed by atoms with van der Waals surface area (Å²) in [5.41, 5.74) is 5.85. The van der Waals surface area contributed by atoms with Gasteiger partial charge < -0.3 is 10.6 Å². The number of nitrogens with two attached hydrogens (primary N) is 1. The van der Waals surface area contributed by atoms with Crippen LogP contribution < -0.4 is 10.6 Å². The standard InChI is InChI=1S/C19H27FN4O.C6H11F/c1-14-10-18(8-9-23(14)12-15-4-2-5-15)24(19(25)22-13-21)17-7-3-6-16(20)11-17;7-6-4-2-1-3-5-6/h3,6-7,11,13-15,18H,2,4-5,8-10,12H2,1H3,(H2,21,22,25);6H,1-5H2/t14-,18?;/m0./s1. The zero-order valence-corrected chi connectivity index (χ0v) is 19.3. The van der Waals surface area contributed by atoms with Gasteiger partial charge in [0.2, 0.25) is 0 Å². The number of anilines is 1. The van der Waals surface area contributed by atoms with E-state index in [9.17, 15) is 13.6 Å². The van der Waals surface area contributed by atoms with Crippen molar-refractivity contribution < 1.29 is 13.6 Å². The highest BCUT2D eigenvalue weighted by Gasteiger charge is 2.34. The van der Waals surface area contributed by atoms with Gasteiger partial charge in [0.15, 0.2) is 0 Å². The highest BCUT2D eigenvalue weighted by atomic mass is 19.1. The Morgan fingerprint density at radius 2 is 1.94 bits per heavy atom. The van der Waals surface area contributed by atoms with E-state index in [0.29, 0.717) is 11.7 Å². The number of carbonyl (C=O) groups is 1. The Bertz CT molecular complexity index is 749. The van der Waals surface area contributed by atoms with Crippen molar-refractivity contribution in [2.75, 3.05) is 18.0 Å². The molecule has 1 saturated heterocycles. The number of halogens is 2. The molecule has 3 fully saturated rings. The topological polar surface area (TPSA) is 61.9 Å². The van der Waals surface area contributed by atoms with Crippen molar-refractivity contribution in [1.82, 2.24) is 4.90 Å². The van der Waals surface area contributed by atoms with Gasteiger partial charge >= 0.3 is 6.03 Å². The van der Waals surface area contributed by atoms with Crippen LogP contribution in [0.15, 0.2) is 29.3 Å². The van der Waals surface area contributed by atoms with Crippen molar-refractivity contribution in [3.63, 3.8) is 0 Å². The largest absolute Gasteiger partial charge is 0.390 e. The first-order chi connectivity index (χ1) is 15.5. The van der Waals surface area contributed by atoms with Gasteiger partial charge in [0, 0.05) is 30.9 Å². The van der Waals surface area contributed by atoms with E-state index in [2.05, 4.69) is 16.8 Å². The average molecular weight is 449 g/mol. The summed E-state index contributed by atoms with van der Waals surface area (Å²) >= 11 is 0. The van der Waals surface area contributed by atoms with E-state index in [4.69, 9.17) is 5.73 Å². The zero-order valence-electron chi connectivity index (χ0n) is 19.3. The number of rotatable bonds is 4. The normalized spacial score (nSPS) is 25.1. The first-order valence-electron chi connectivity index (χ1n) is 12.2. The molecular formula is C25H38F2N4O. The number of piperidine rings is 1. The summed E-state index contributed by atoms with van der Waals surface area (Å²) < 4.78 is 25.8. The summed E-state index contributed by atoms with van der Waals surface area (Å²) in [6.45, 7) is 4.32. The van der Waals surface area contributed by atoms with Crippen LogP contribution in [0, 0.1) is 11.7 Å². The van der Waals surface area contributed by atoms with Crippen LogP contribution in [0.1, 0.15) is 71.1 Å². The van der Waals surface area contributed by atoms with Crippen molar-refractivity contribution in [3.05, 3.63) is 30.1 Å². The Morgan fingerprint density at radius 1 is 1.19 bits per heavy atom. The molecule has 2 aliphatic carbocycles. The van der Waals surface area contributed by atoms with E-state index in [-0.39, 0.29) is 11.9 Å². The summed E-state index contributed by atoms with van der Waals surface area (Å²) in [5.74, 6) is 0.476. The second kappa shape index (κ2) is 12.3. The third-order valence-corrected chi connectivity index (χ3v) is 7.08. The minimum absolute atomic E-state index is 0.00522. The lowest BCUT2D eigenvalue weighted by Gasteiger charge is -2.44. The van der Waals surface area contributed by atoms with Crippen LogP contribution >= 0.6 is 0 Å². The van der Waals surface area contributed by atoms with Gasteiger partial charge in [0.25, 0.3) is 0 Å². The van der Waals surface area contributed by atoms with Crippen LogP contribution in [0.25, 0.3) is 0 Å². The van der Waals surface area contributed by atoms with Crippen molar-refractivity contribution >= 4 is 18.1 Å². The van der Waals surface area contributed by atoms with Crippen molar-refractivity contribution in [3.8, 4) is 0 Å². The number of likely N-dealkylation sites (tertiary alicyclic amines) is 1. The molecule has 1 unspecified atom stereocenters.